The van der Waals surface area contributed by atoms with E-state index in [1.54, 1.807) is 9.80 Å². The SMILES string of the molecule is CC(C)(C)OC(=O)N1CCC[C@H]1CO.CC(C)(C)OC(=O)N1CCC[C@H]1COc1ccccc1.c1ccc(OC[C@@H]2CCCN2)cc1. The predicted molar refractivity (Wildman–Crippen MR) is 184 cm³/mol. The van der Waals surface area contributed by atoms with Crippen molar-refractivity contribution in [2.75, 3.05) is 39.5 Å². The number of hydrogen-bond donors (Lipinski definition) is 2. The summed E-state index contributed by atoms with van der Waals surface area (Å²) in [4.78, 5) is 27.2. The highest BCUT2D eigenvalue weighted by atomic mass is 16.6. The second-order valence-corrected chi connectivity index (χ2v) is 14.2. The topological polar surface area (TPSA) is 110 Å². The molecular weight excluding hydrogens is 598 g/mol. The van der Waals surface area contributed by atoms with Crippen molar-refractivity contribution >= 4 is 12.2 Å². The number of rotatable bonds is 7. The third kappa shape index (κ3) is 14.4. The predicted octanol–water partition coefficient (Wildman–Crippen LogP) is 6.66. The Morgan fingerprint density at radius 1 is 0.702 bits per heavy atom. The Bertz CT molecular complexity index is 1180. The number of aliphatic hydroxyl groups excluding tert-OH is 1. The first-order valence-corrected chi connectivity index (χ1v) is 17.0. The summed E-state index contributed by atoms with van der Waals surface area (Å²) in [6, 6.07) is 20.3. The van der Waals surface area contributed by atoms with E-state index in [1.807, 2.05) is 102 Å². The van der Waals surface area contributed by atoms with Gasteiger partial charge < -0.3 is 39.2 Å². The molecule has 3 aliphatic heterocycles. The lowest BCUT2D eigenvalue weighted by Crippen LogP contribution is -2.42. The number of amides is 2. The average molecular weight is 656 g/mol. The fraction of sp³-hybridized carbons (Fsp3) is 0.622. The molecule has 262 valence electrons. The lowest BCUT2D eigenvalue weighted by molar-refractivity contribution is 0.0171. The molecule has 2 aromatic carbocycles. The molecule has 2 aromatic rings. The molecule has 0 bridgehead atoms. The Hall–Kier alpha value is -3.50. The minimum atomic E-state index is -0.459. The zero-order valence-electron chi connectivity index (χ0n) is 29.3. The number of para-hydroxylation sites is 2. The molecule has 3 fully saturated rings. The molecule has 0 aliphatic carbocycles. The first-order valence-electron chi connectivity index (χ1n) is 17.0. The van der Waals surface area contributed by atoms with Crippen molar-refractivity contribution in [3.63, 3.8) is 0 Å². The van der Waals surface area contributed by atoms with Crippen molar-refractivity contribution in [3.8, 4) is 11.5 Å². The summed E-state index contributed by atoms with van der Waals surface area (Å²) in [5, 5.41) is 12.4. The maximum atomic E-state index is 12.1. The molecule has 10 nitrogen and oxygen atoms in total. The minimum Gasteiger partial charge on any atom is -0.492 e. The molecule has 3 atom stereocenters. The van der Waals surface area contributed by atoms with Crippen LogP contribution in [0.2, 0.25) is 0 Å². The molecule has 5 rings (SSSR count). The molecule has 2 amide bonds. The molecule has 0 unspecified atom stereocenters. The summed E-state index contributed by atoms with van der Waals surface area (Å²) >= 11 is 0. The van der Waals surface area contributed by atoms with E-state index in [9.17, 15) is 9.59 Å². The maximum absolute atomic E-state index is 12.1. The molecule has 3 heterocycles. The van der Waals surface area contributed by atoms with Crippen LogP contribution in [-0.4, -0.2) is 95.9 Å². The number of likely N-dealkylation sites (tertiary alicyclic amines) is 2. The summed E-state index contributed by atoms with van der Waals surface area (Å²) in [5.41, 5.74) is -0.913. The Balaban J connectivity index is 0.000000198. The Morgan fingerprint density at radius 2 is 1.17 bits per heavy atom. The van der Waals surface area contributed by atoms with Crippen LogP contribution in [0.25, 0.3) is 0 Å². The van der Waals surface area contributed by atoms with Crippen LogP contribution in [0, 0.1) is 0 Å². The zero-order chi connectivity index (χ0) is 34.3. The van der Waals surface area contributed by atoms with Crippen molar-refractivity contribution in [1.82, 2.24) is 15.1 Å². The average Bonchev–Trinajstić information content (AvgIpc) is 3.81. The third-order valence-corrected chi connectivity index (χ3v) is 7.76. The summed E-state index contributed by atoms with van der Waals surface area (Å²) in [7, 11) is 0. The van der Waals surface area contributed by atoms with Crippen LogP contribution in [0.15, 0.2) is 60.7 Å². The first-order chi connectivity index (χ1) is 22.3. The first kappa shape index (κ1) is 38.0. The number of benzene rings is 2. The van der Waals surface area contributed by atoms with E-state index in [0.717, 1.165) is 56.9 Å². The summed E-state index contributed by atoms with van der Waals surface area (Å²) in [6.45, 7) is 15.1. The zero-order valence-corrected chi connectivity index (χ0v) is 29.3. The van der Waals surface area contributed by atoms with E-state index in [0.29, 0.717) is 19.2 Å². The van der Waals surface area contributed by atoms with Crippen LogP contribution < -0.4 is 14.8 Å². The Morgan fingerprint density at radius 3 is 1.62 bits per heavy atom. The third-order valence-electron chi connectivity index (χ3n) is 7.76. The molecule has 0 saturated carbocycles. The van der Waals surface area contributed by atoms with E-state index in [4.69, 9.17) is 24.1 Å². The number of nitrogens with one attached hydrogen (secondary N) is 1. The van der Waals surface area contributed by atoms with Gasteiger partial charge >= 0.3 is 12.2 Å². The highest BCUT2D eigenvalue weighted by Gasteiger charge is 2.33. The van der Waals surface area contributed by atoms with Crippen molar-refractivity contribution in [3.05, 3.63) is 60.7 Å². The van der Waals surface area contributed by atoms with Crippen molar-refractivity contribution in [2.24, 2.45) is 0 Å². The second-order valence-electron chi connectivity index (χ2n) is 14.2. The molecule has 0 spiro atoms. The Kier molecular flexibility index (Phi) is 15.1. The highest BCUT2D eigenvalue weighted by molar-refractivity contribution is 5.69. The molecule has 3 aliphatic rings. The molecule has 10 heteroatoms. The molecule has 2 N–H and O–H groups in total. The second kappa shape index (κ2) is 18.7. The molecule has 3 saturated heterocycles. The number of carbonyl (C=O) groups is 2. The van der Waals surface area contributed by atoms with Crippen molar-refractivity contribution in [2.45, 2.75) is 109 Å². The van der Waals surface area contributed by atoms with Gasteiger partial charge in [-0.05, 0) is 111 Å². The van der Waals surface area contributed by atoms with E-state index < -0.39 is 11.2 Å². The van der Waals surface area contributed by atoms with E-state index in [2.05, 4.69) is 5.32 Å². The van der Waals surface area contributed by atoms with Gasteiger partial charge in [-0.25, -0.2) is 9.59 Å². The fourth-order valence-corrected chi connectivity index (χ4v) is 5.48. The van der Waals surface area contributed by atoms with Crippen molar-refractivity contribution < 1.29 is 33.6 Å². The lowest BCUT2D eigenvalue weighted by atomic mass is 10.2. The van der Waals surface area contributed by atoms with Gasteiger partial charge in [0.15, 0.2) is 0 Å². The standard InChI is InChI=1S/C16H23NO3.C11H15NO.C10H19NO3/c1-16(2,3)20-15(18)17-11-7-8-13(17)12-19-14-9-5-4-6-10-14;1-2-6-11(7-3-1)13-9-10-5-4-8-12-10;1-10(2,3)14-9(13)11-6-4-5-8(11)7-12/h4-6,9-10,13H,7-8,11-12H2,1-3H3;1-3,6-7,10,12H,4-5,8-9H2;8,12H,4-7H2,1-3H3/t13-;10-;8-/m000/s1. The molecule has 0 radical (unpaired) electrons. The van der Waals surface area contributed by atoms with Gasteiger partial charge in [0.25, 0.3) is 0 Å². The van der Waals surface area contributed by atoms with E-state index in [1.165, 1.54) is 12.8 Å². The quantitative estimate of drug-likeness (QED) is 0.341. The number of carbonyl (C=O) groups excluding carboxylic acids is 2. The highest BCUT2D eigenvalue weighted by Crippen LogP contribution is 2.22. The van der Waals surface area contributed by atoms with E-state index in [-0.39, 0.29) is 30.9 Å². The van der Waals surface area contributed by atoms with Gasteiger partial charge in [-0.15, -0.1) is 0 Å². The smallest absolute Gasteiger partial charge is 0.410 e. The van der Waals surface area contributed by atoms with Crippen molar-refractivity contribution in [1.29, 1.82) is 0 Å². The van der Waals surface area contributed by atoms with Gasteiger partial charge in [-0.1, -0.05) is 36.4 Å². The summed E-state index contributed by atoms with van der Waals surface area (Å²) in [5.74, 6) is 1.81. The molecule has 47 heavy (non-hydrogen) atoms. The fourth-order valence-electron chi connectivity index (χ4n) is 5.48. The number of aliphatic hydroxyl groups is 1. The van der Waals surface area contributed by atoms with Gasteiger partial charge in [0.1, 0.15) is 35.9 Å². The monoisotopic (exact) mass is 655 g/mol. The van der Waals surface area contributed by atoms with Gasteiger partial charge in [-0.2, -0.15) is 0 Å². The van der Waals surface area contributed by atoms with Gasteiger partial charge in [0.2, 0.25) is 0 Å². The van der Waals surface area contributed by atoms with Crippen LogP contribution in [0.1, 0.15) is 80.1 Å². The van der Waals surface area contributed by atoms with E-state index >= 15 is 0 Å². The number of hydrogen-bond acceptors (Lipinski definition) is 8. The largest absolute Gasteiger partial charge is 0.492 e. The normalized spacial score (nSPS) is 20.8. The molecular formula is C37H57N3O7. The summed E-state index contributed by atoms with van der Waals surface area (Å²) in [6.07, 6.45) is 5.76. The van der Waals surface area contributed by atoms with Crippen LogP contribution in [0.3, 0.4) is 0 Å². The number of nitrogens with zero attached hydrogens (tertiary/aromatic N) is 2. The van der Waals surface area contributed by atoms with Crippen LogP contribution in [0.4, 0.5) is 9.59 Å². The maximum Gasteiger partial charge on any atom is 0.410 e. The van der Waals surface area contributed by atoms with Crippen LogP contribution in [0.5, 0.6) is 11.5 Å². The Labute approximate surface area is 281 Å². The molecule has 0 aromatic heterocycles. The lowest BCUT2D eigenvalue weighted by Gasteiger charge is -2.28. The summed E-state index contributed by atoms with van der Waals surface area (Å²) < 4.78 is 22.0. The van der Waals surface area contributed by atoms with Crippen LogP contribution in [-0.2, 0) is 9.47 Å². The van der Waals surface area contributed by atoms with Crippen LogP contribution >= 0.6 is 0 Å². The minimum absolute atomic E-state index is 0.0270. The van der Waals surface area contributed by atoms with Gasteiger partial charge in [-0.3, -0.25) is 0 Å². The van der Waals surface area contributed by atoms with Gasteiger partial charge in [0.05, 0.1) is 18.7 Å². The van der Waals surface area contributed by atoms with Gasteiger partial charge in [0, 0.05) is 19.1 Å². The number of ether oxygens (including phenoxy) is 4.